The number of hydrogen-bond acceptors (Lipinski definition) is 2. The summed E-state index contributed by atoms with van der Waals surface area (Å²) in [6.07, 6.45) is 3.38. The Balaban J connectivity index is 2.63. The molecule has 0 aliphatic rings. The Labute approximate surface area is 139 Å². The maximum atomic E-state index is 6.19. The molecule has 0 aliphatic heterocycles. The highest BCUT2D eigenvalue weighted by Gasteiger charge is 2.08. The van der Waals surface area contributed by atoms with Crippen LogP contribution in [-0.4, -0.2) is 19.1 Å². The van der Waals surface area contributed by atoms with Crippen molar-refractivity contribution in [2.45, 2.75) is 19.8 Å². The number of unbranched alkanes of at least 4 members (excludes halogenated alkanes) is 1. The quantitative estimate of drug-likeness (QED) is 0.436. The van der Waals surface area contributed by atoms with Gasteiger partial charge in [-0.05, 0) is 37.5 Å². The van der Waals surface area contributed by atoms with Gasteiger partial charge in [0.25, 0.3) is 0 Å². The van der Waals surface area contributed by atoms with Crippen LogP contribution in [0.25, 0.3) is 0 Å². The summed E-state index contributed by atoms with van der Waals surface area (Å²) in [5.74, 6) is 1.96. The second kappa shape index (κ2) is 9.62. The zero-order valence-corrected chi connectivity index (χ0v) is 14.1. The maximum Gasteiger partial charge on any atom is 0.141 e. The lowest BCUT2D eigenvalue weighted by atomic mass is 10.2. The molecule has 0 N–H and O–H groups in total. The van der Waals surface area contributed by atoms with E-state index in [1.807, 2.05) is 13.0 Å². The van der Waals surface area contributed by atoms with Gasteiger partial charge < -0.3 is 9.47 Å². The predicted molar refractivity (Wildman–Crippen MR) is 86.9 cm³/mol. The minimum atomic E-state index is 0.173. The van der Waals surface area contributed by atoms with Crippen LogP contribution in [0.1, 0.15) is 18.4 Å². The molecule has 20 heavy (non-hydrogen) atoms. The van der Waals surface area contributed by atoms with Gasteiger partial charge in [0.15, 0.2) is 0 Å². The van der Waals surface area contributed by atoms with Crippen LogP contribution in [0.4, 0.5) is 0 Å². The van der Waals surface area contributed by atoms with Gasteiger partial charge in [-0.1, -0.05) is 34.8 Å². The predicted octanol–water partition coefficient (Wildman–Crippen LogP) is 5.74. The highest BCUT2D eigenvalue weighted by Crippen LogP contribution is 2.33. The van der Waals surface area contributed by atoms with E-state index in [9.17, 15) is 0 Å². The van der Waals surface area contributed by atoms with E-state index in [1.165, 1.54) is 0 Å². The molecule has 0 bridgehead atoms. The highest BCUT2D eigenvalue weighted by atomic mass is 35.5. The molecule has 2 nitrogen and oxygen atoms in total. The molecule has 112 valence electrons. The Hall–Kier alpha value is -0.280. The fourth-order valence-corrected chi connectivity index (χ4v) is 2.16. The number of hydrogen-bond donors (Lipinski definition) is 0. The molecule has 1 aromatic rings. The fraction of sp³-hybridized carbons (Fsp3) is 0.429. The molecule has 1 aromatic carbocycles. The van der Waals surface area contributed by atoms with Crippen molar-refractivity contribution in [3.8, 4) is 11.5 Å². The second-order valence-corrected chi connectivity index (χ2v) is 5.89. The first-order valence-electron chi connectivity index (χ1n) is 6.17. The minimum Gasteiger partial charge on any atom is -0.492 e. The number of ether oxygens (including phenoxy) is 2. The monoisotopic (exact) mass is 356 g/mol. The van der Waals surface area contributed by atoms with Crippen LogP contribution in [0, 0.1) is 6.92 Å². The van der Waals surface area contributed by atoms with Crippen molar-refractivity contribution >= 4 is 46.4 Å². The van der Waals surface area contributed by atoms with Gasteiger partial charge in [-0.2, -0.15) is 0 Å². The zero-order chi connectivity index (χ0) is 15.0. The maximum absolute atomic E-state index is 6.19. The molecule has 0 radical (unpaired) electrons. The molecular formula is C14H16Cl4O2. The average molecular weight is 358 g/mol. The van der Waals surface area contributed by atoms with Crippen LogP contribution in [0.3, 0.4) is 0 Å². The van der Waals surface area contributed by atoms with Gasteiger partial charge in [0, 0.05) is 11.9 Å². The summed E-state index contributed by atoms with van der Waals surface area (Å²) in [7, 11) is 0. The largest absolute Gasteiger partial charge is 0.492 e. The van der Waals surface area contributed by atoms with Gasteiger partial charge in [0.2, 0.25) is 0 Å². The van der Waals surface area contributed by atoms with Crippen molar-refractivity contribution in [2.24, 2.45) is 0 Å². The molecule has 0 atom stereocenters. The lowest BCUT2D eigenvalue weighted by molar-refractivity contribution is 0.306. The topological polar surface area (TPSA) is 18.5 Å². The summed E-state index contributed by atoms with van der Waals surface area (Å²) in [6, 6.07) is 3.57. The Morgan fingerprint density at radius 3 is 2.55 bits per heavy atom. The fourth-order valence-electron chi connectivity index (χ4n) is 1.54. The Kier molecular flexibility index (Phi) is 8.55. The van der Waals surface area contributed by atoms with E-state index in [-0.39, 0.29) is 11.1 Å². The van der Waals surface area contributed by atoms with E-state index in [2.05, 4.69) is 0 Å². The van der Waals surface area contributed by atoms with Crippen molar-refractivity contribution < 1.29 is 9.47 Å². The standard InChI is InChI=1S/C14H16Cl4O2/c1-10-8-11(19-7-4-13(17)18)9-12(16)14(10)20-6-3-2-5-15/h4,8-9H,2-3,5-7H2,1H3. The summed E-state index contributed by atoms with van der Waals surface area (Å²) >= 11 is 22.8. The lowest BCUT2D eigenvalue weighted by Gasteiger charge is -2.13. The summed E-state index contributed by atoms with van der Waals surface area (Å²) in [6.45, 7) is 2.80. The van der Waals surface area contributed by atoms with Crippen LogP contribution >= 0.6 is 46.4 Å². The van der Waals surface area contributed by atoms with Gasteiger partial charge in [-0.3, -0.25) is 0 Å². The molecule has 0 amide bonds. The van der Waals surface area contributed by atoms with E-state index in [0.717, 1.165) is 18.4 Å². The molecule has 0 saturated carbocycles. The van der Waals surface area contributed by atoms with E-state index < -0.39 is 0 Å². The van der Waals surface area contributed by atoms with Gasteiger partial charge in [-0.25, -0.2) is 0 Å². The number of aryl methyl sites for hydroxylation is 1. The zero-order valence-electron chi connectivity index (χ0n) is 11.1. The highest BCUT2D eigenvalue weighted by molar-refractivity contribution is 6.55. The van der Waals surface area contributed by atoms with Crippen molar-refractivity contribution in [1.82, 2.24) is 0 Å². The number of halogens is 4. The smallest absolute Gasteiger partial charge is 0.141 e. The third-order valence-electron chi connectivity index (χ3n) is 2.46. The molecule has 0 spiro atoms. The molecule has 0 saturated heterocycles. The second-order valence-electron chi connectivity index (χ2n) is 4.10. The Morgan fingerprint density at radius 2 is 1.95 bits per heavy atom. The number of rotatable bonds is 8. The summed E-state index contributed by atoms with van der Waals surface area (Å²) in [5, 5.41) is 0.520. The first-order chi connectivity index (χ1) is 9.54. The van der Waals surface area contributed by atoms with Crippen LogP contribution in [0.15, 0.2) is 22.7 Å². The molecule has 0 unspecified atom stereocenters. The van der Waals surface area contributed by atoms with E-state index in [1.54, 1.807) is 12.1 Å². The van der Waals surface area contributed by atoms with Gasteiger partial charge in [-0.15, -0.1) is 11.6 Å². The average Bonchev–Trinajstić information content (AvgIpc) is 2.36. The van der Waals surface area contributed by atoms with Crippen LogP contribution in [-0.2, 0) is 0 Å². The van der Waals surface area contributed by atoms with Gasteiger partial charge >= 0.3 is 0 Å². The molecule has 0 fully saturated rings. The van der Waals surface area contributed by atoms with Crippen molar-refractivity contribution in [3.05, 3.63) is 33.3 Å². The normalized spacial score (nSPS) is 10.2. The van der Waals surface area contributed by atoms with Gasteiger partial charge in [0.1, 0.15) is 22.6 Å². The molecule has 0 aromatic heterocycles. The third kappa shape index (κ3) is 6.45. The summed E-state index contributed by atoms with van der Waals surface area (Å²) in [4.78, 5) is 0. The van der Waals surface area contributed by atoms with E-state index in [4.69, 9.17) is 55.9 Å². The van der Waals surface area contributed by atoms with Crippen LogP contribution in [0.2, 0.25) is 5.02 Å². The summed E-state index contributed by atoms with van der Waals surface area (Å²) < 4.78 is 11.3. The first-order valence-corrected chi connectivity index (χ1v) is 7.84. The van der Waals surface area contributed by atoms with Crippen LogP contribution < -0.4 is 9.47 Å². The molecule has 6 heteroatoms. The minimum absolute atomic E-state index is 0.173. The van der Waals surface area contributed by atoms with Crippen LogP contribution in [0.5, 0.6) is 11.5 Å². The SMILES string of the molecule is Cc1cc(OCC=C(Cl)Cl)cc(Cl)c1OCCCCCl. The molecule has 0 aliphatic carbocycles. The van der Waals surface area contributed by atoms with Crippen molar-refractivity contribution in [2.75, 3.05) is 19.1 Å². The van der Waals surface area contributed by atoms with Crippen molar-refractivity contribution in [3.63, 3.8) is 0 Å². The van der Waals surface area contributed by atoms with E-state index >= 15 is 0 Å². The third-order valence-corrected chi connectivity index (χ3v) is 3.32. The Morgan fingerprint density at radius 1 is 1.20 bits per heavy atom. The molecule has 0 heterocycles. The Bertz CT molecular complexity index is 433. The molecular weight excluding hydrogens is 342 g/mol. The number of alkyl halides is 1. The summed E-state index contributed by atoms with van der Waals surface area (Å²) in [5.41, 5.74) is 0.916. The first kappa shape index (κ1) is 17.8. The van der Waals surface area contributed by atoms with Crippen molar-refractivity contribution in [1.29, 1.82) is 0 Å². The van der Waals surface area contributed by atoms with Gasteiger partial charge in [0.05, 0.1) is 11.6 Å². The number of benzene rings is 1. The molecule has 1 rings (SSSR count). The lowest BCUT2D eigenvalue weighted by Crippen LogP contribution is -2.01. The van der Waals surface area contributed by atoms with E-state index in [0.29, 0.717) is 29.0 Å².